The van der Waals surface area contributed by atoms with Crippen LogP contribution in [0.15, 0.2) is 36.4 Å². The first kappa shape index (κ1) is 17.5. The van der Waals surface area contributed by atoms with Gasteiger partial charge in [0.25, 0.3) is 0 Å². The molecule has 0 radical (unpaired) electrons. The van der Waals surface area contributed by atoms with Crippen molar-refractivity contribution in [1.82, 2.24) is 4.57 Å². The van der Waals surface area contributed by atoms with Gasteiger partial charge in [0.2, 0.25) is 5.78 Å². The van der Waals surface area contributed by atoms with Crippen molar-refractivity contribution in [3.8, 4) is 0 Å². The van der Waals surface area contributed by atoms with E-state index in [1.807, 2.05) is 0 Å². The molecule has 0 bridgehead atoms. The van der Waals surface area contributed by atoms with Crippen LogP contribution in [0.4, 0.5) is 0 Å². The van der Waals surface area contributed by atoms with Crippen molar-refractivity contribution in [2.75, 3.05) is 32.7 Å². The summed E-state index contributed by atoms with van der Waals surface area (Å²) in [4.78, 5) is 16.0. The van der Waals surface area contributed by atoms with Crippen LogP contribution >= 0.6 is 0 Å². The van der Waals surface area contributed by atoms with Crippen LogP contribution in [0.1, 0.15) is 46.2 Å². The lowest BCUT2D eigenvalue weighted by molar-refractivity contribution is -1.01. The largest absolute Gasteiger partial charge is 0.345 e. The Morgan fingerprint density at radius 1 is 1.04 bits per heavy atom. The molecule has 138 valence electrons. The predicted molar refractivity (Wildman–Crippen MR) is 103 cm³/mol. The van der Waals surface area contributed by atoms with Gasteiger partial charge >= 0.3 is 0 Å². The summed E-state index contributed by atoms with van der Waals surface area (Å²) in [5, 5.41) is 0. The number of aromatic nitrogens is 1. The van der Waals surface area contributed by atoms with E-state index in [1.165, 1.54) is 34.7 Å². The van der Waals surface area contributed by atoms with E-state index in [0.717, 1.165) is 38.3 Å². The maximum Gasteiger partial charge on any atom is 0.218 e. The molecule has 2 aliphatic rings. The number of hydrogen-bond donors (Lipinski definition) is 2. The minimum Gasteiger partial charge on any atom is -0.345 e. The van der Waals surface area contributed by atoms with E-state index < -0.39 is 0 Å². The number of piperazine rings is 1. The highest BCUT2D eigenvalue weighted by atomic mass is 16.1. The molecular formula is C22H31N3O+2. The van der Waals surface area contributed by atoms with Gasteiger partial charge < -0.3 is 14.4 Å². The second-order valence-corrected chi connectivity index (χ2v) is 8.15. The van der Waals surface area contributed by atoms with E-state index >= 15 is 0 Å². The Hall–Kier alpha value is -1.91. The third-order valence-corrected chi connectivity index (χ3v) is 6.07. The van der Waals surface area contributed by atoms with Crippen LogP contribution in [0.25, 0.3) is 0 Å². The fraction of sp³-hybridized carbons (Fsp3) is 0.500. The topological polar surface area (TPSA) is 30.9 Å². The monoisotopic (exact) mass is 353 g/mol. The summed E-state index contributed by atoms with van der Waals surface area (Å²) in [6.45, 7) is 10.5. The number of carbonyl (C=O) groups excluding carboxylic acids is 1. The SMILES string of the molecule is Cc1cc(C(=O)C[NH+]2CC[NH+](Cc3ccccc3)CC2)c(C)n1C1CC1. The number of carbonyl (C=O) groups is 1. The summed E-state index contributed by atoms with van der Waals surface area (Å²) in [6, 6.07) is 13.5. The van der Waals surface area contributed by atoms with Gasteiger partial charge in [-0.2, -0.15) is 0 Å². The van der Waals surface area contributed by atoms with E-state index in [-0.39, 0.29) is 0 Å². The van der Waals surface area contributed by atoms with E-state index in [0.29, 0.717) is 18.4 Å². The zero-order chi connectivity index (χ0) is 18.1. The van der Waals surface area contributed by atoms with Gasteiger partial charge in [-0.05, 0) is 32.8 Å². The average Bonchev–Trinajstić information content (AvgIpc) is 3.42. The lowest BCUT2D eigenvalue weighted by Gasteiger charge is -2.29. The van der Waals surface area contributed by atoms with E-state index in [1.54, 1.807) is 4.90 Å². The molecule has 1 saturated heterocycles. The van der Waals surface area contributed by atoms with Gasteiger partial charge in [0.05, 0.1) is 0 Å². The Morgan fingerprint density at radius 3 is 2.35 bits per heavy atom. The molecule has 0 amide bonds. The number of benzene rings is 1. The number of quaternary nitrogens is 2. The number of aryl methyl sites for hydroxylation is 1. The number of nitrogens with zero attached hydrogens (tertiary/aromatic N) is 1. The number of rotatable bonds is 6. The van der Waals surface area contributed by atoms with Crippen LogP contribution in [0.3, 0.4) is 0 Å². The number of hydrogen-bond acceptors (Lipinski definition) is 1. The van der Waals surface area contributed by atoms with Crippen molar-refractivity contribution in [2.45, 2.75) is 39.3 Å². The van der Waals surface area contributed by atoms with Crippen molar-refractivity contribution in [3.63, 3.8) is 0 Å². The quantitative estimate of drug-likeness (QED) is 0.733. The van der Waals surface area contributed by atoms with Crippen molar-refractivity contribution in [1.29, 1.82) is 0 Å². The minimum atomic E-state index is 0.325. The van der Waals surface area contributed by atoms with Crippen LogP contribution < -0.4 is 9.80 Å². The summed E-state index contributed by atoms with van der Waals surface area (Å²) in [7, 11) is 0. The molecule has 2 aromatic rings. The molecule has 4 nitrogen and oxygen atoms in total. The highest BCUT2D eigenvalue weighted by molar-refractivity contribution is 5.98. The van der Waals surface area contributed by atoms with Crippen LogP contribution in [0.2, 0.25) is 0 Å². The Kier molecular flexibility index (Phi) is 4.96. The predicted octanol–water partition coefficient (Wildman–Crippen LogP) is 0.606. The molecule has 1 saturated carbocycles. The Labute approximate surface area is 156 Å². The Bertz CT molecular complexity index is 768. The van der Waals surface area contributed by atoms with Crippen molar-refractivity contribution in [2.24, 2.45) is 0 Å². The van der Waals surface area contributed by atoms with E-state index in [4.69, 9.17) is 0 Å². The molecule has 1 aliphatic carbocycles. The third kappa shape index (κ3) is 3.76. The normalized spacial score (nSPS) is 23.2. The molecular weight excluding hydrogens is 322 g/mol. The van der Waals surface area contributed by atoms with Gasteiger partial charge in [0.1, 0.15) is 39.3 Å². The van der Waals surface area contributed by atoms with Crippen molar-refractivity contribution < 1.29 is 14.6 Å². The van der Waals surface area contributed by atoms with Gasteiger partial charge in [-0.25, -0.2) is 0 Å². The maximum atomic E-state index is 12.9. The molecule has 26 heavy (non-hydrogen) atoms. The summed E-state index contributed by atoms with van der Waals surface area (Å²) in [5.74, 6) is 0.325. The maximum absolute atomic E-state index is 12.9. The van der Waals surface area contributed by atoms with Gasteiger partial charge in [-0.3, -0.25) is 4.79 Å². The molecule has 2 heterocycles. The summed E-state index contributed by atoms with van der Waals surface area (Å²) < 4.78 is 2.38. The van der Waals surface area contributed by atoms with Crippen LogP contribution in [0.5, 0.6) is 0 Å². The van der Waals surface area contributed by atoms with Crippen LogP contribution in [-0.4, -0.2) is 43.1 Å². The molecule has 0 unspecified atom stereocenters. The highest BCUT2D eigenvalue weighted by Gasteiger charge is 2.30. The number of ketones is 1. The third-order valence-electron chi connectivity index (χ3n) is 6.07. The zero-order valence-corrected chi connectivity index (χ0v) is 16.1. The van der Waals surface area contributed by atoms with Gasteiger partial charge in [-0.1, -0.05) is 30.3 Å². The first-order chi connectivity index (χ1) is 12.6. The lowest BCUT2D eigenvalue weighted by atomic mass is 10.1. The highest BCUT2D eigenvalue weighted by Crippen LogP contribution is 2.38. The van der Waals surface area contributed by atoms with E-state index in [9.17, 15) is 4.79 Å². The molecule has 1 aliphatic heterocycles. The zero-order valence-electron chi connectivity index (χ0n) is 16.1. The molecule has 0 spiro atoms. The van der Waals surface area contributed by atoms with Gasteiger partial charge in [0, 0.05) is 28.6 Å². The molecule has 4 rings (SSSR count). The van der Waals surface area contributed by atoms with E-state index in [2.05, 4.69) is 54.8 Å². The fourth-order valence-electron chi connectivity index (χ4n) is 4.47. The summed E-state index contributed by atoms with van der Waals surface area (Å²) in [6.07, 6.45) is 2.53. The average molecular weight is 354 g/mol. The minimum absolute atomic E-state index is 0.325. The van der Waals surface area contributed by atoms with Gasteiger partial charge in [-0.15, -0.1) is 0 Å². The molecule has 2 N–H and O–H groups in total. The lowest BCUT2D eigenvalue weighted by Crippen LogP contribution is -3.27. The molecule has 0 atom stereocenters. The number of Topliss-reactive ketones (excluding diaryl/α,β-unsaturated/α-hetero) is 1. The first-order valence-electron chi connectivity index (χ1n) is 10.0. The summed E-state index contributed by atoms with van der Waals surface area (Å²) in [5.41, 5.74) is 4.80. The summed E-state index contributed by atoms with van der Waals surface area (Å²) >= 11 is 0. The Balaban J connectivity index is 1.32. The molecule has 1 aromatic heterocycles. The van der Waals surface area contributed by atoms with Crippen molar-refractivity contribution >= 4 is 5.78 Å². The van der Waals surface area contributed by atoms with Crippen molar-refractivity contribution in [3.05, 3.63) is 58.9 Å². The second-order valence-electron chi connectivity index (χ2n) is 8.15. The molecule has 4 heteroatoms. The standard InChI is InChI=1S/C22H29N3O/c1-17-14-21(18(2)25(17)20-8-9-20)22(26)16-24-12-10-23(11-13-24)15-19-6-4-3-5-7-19/h3-7,14,20H,8-13,15-16H2,1-2H3/p+2. The van der Waals surface area contributed by atoms with Crippen LogP contribution in [-0.2, 0) is 6.54 Å². The fourth-order valence-corrected chi connectivity index (χ4v) is 4.47. The van der Waals surface area contributed by atoms with Crippen LogP contribution in [0, 0.1) is 13.8 Å². The van der Waals surface area contributed by atoms with Gasteiger partial charge in [0.15, 0.2) is 0 Å². The number of nitrogens with one attached hydrogen (secondary N) is 2. The molecule has 1 aromatic carbocycles. The first-order valence-corrected chi connectivity index (χ1v) is 10.0. The molecule has 2 fully saturated rings. The second kappa shape index (κ2) is 7.37. The smallest absolute Gasteiger partial charge is 0.218 e. The Morgan fingerprint density at radius 2 is 1.69 bits per heavy atom.